The molecule has 1 amide bonds. The monoisotopic (exact) mass is 422 g/mol. The highest BCUT2D eigenvalue weighted by atomic mass is 19.1. The first-order chi connectivity index (χ1) is 14.8. The van der Waals surface area contributed by atoms with Crippen molar-refractivity contribution >= 4 is 5.91 Å². The first kappa shape index (κ1) is 22.7. The van der Waals surface area contributed by atoms with Crippen LogP contribution in [0.4, 0.5) is 4.39 Å². The summed E-state index contributed by atoms with van der Waals surface area (Å²) in [6.07, 6.45) is 0.290. The lowest BCUT2D eigenvalue weighted by atomic mass is 10.1. The molecule has 164 valence electrons. The Morgan fingerprint density at radius 3 is 2.32 bits per heavy atom. The lowest BCUT2D eigenvalue weighted by molar-refractivity contribution is -0.131. The molecular formula is C25H31FN4O. The van der Waals surface area contributed by atoms with Crippen LogP contribution in [0.3, 0.4) is 0 Å². The molecule has 0 aliphatic heterocycles. The average Bonchev–Trinajstić information content (AvgIpc) is 3.00. The molecule has 3 aromatic rings. The number of halogens is 1. The summed E-state index contributed by atoms with van der Waals surface area (Å²) < 4.78 is 15.2. The Hall–Kier alpha value is -2.99. The number of aryl methyl sites for hydroxylation is 2. The van der Waals surface area contributed by atoms with E-state index in [0.29, 0.717) is 13.1 Å². The summed E-state index contributed by atoms with van der Waals surface area (Å²) in [6.45, 7) is 7.84. The number of amides is 1. The molecule has 1 aromatic heterocycles. The van der Waals surface area contributed by atoms with Gasteiger partial charge < -0.3 is 9.80 Å². The third kappa shape index (κ3) is 5.58. The van der Waals surface area contributed by atoms with Crippen LogP contribution in [0.5, 0.6) is 0 Å². The van der Waals surface area contributed by atoms with E-state index in [1.165, 1.54) is 12.1 Å². The SMILES string of the molecule is Cc1ccccc1-n1nc(C)c(CC(=O)N(CCN(C)C)Cc2ccc(F)cc2)c1C. The third-order valence-electron chi connectivity index (χ3n) is 5.57. The van der Waals surface area contributed by atoms with E-state index in [0.717, 1.165) is 40.3 Å². The van der Waals surface area contributed by atoms with Crippen molar-refractivity contribution in [2.75, 3.05) is 27.2 Å². The summed E-state index contributed by atoms with van der Waals surface area (Å²) in [5.41, 5.74) is 5.88. The van der Waals surface area contributed by atoms with Gasteiger partial charge in [0.2, 0.25) is 5.91 Å². The zero-order chi connectivity index (χ0) is 22.5. The predicted molar refractivity (Wildman–Crippen MR) is 122 cm³/mol. The smallest absolute Gasteiger partial charge is 0.227 e. The highest BCUT2D eigenvalue weighted by Gasteiger charge is 2.21. The van der Waals surface area contributed by atoms with Crippen LogP contribution in [0.25, 0.3) is 5.69 Å². The standard InChI is InChI=1S/C25H31FN4O/c1-18-8-6-7-9-24(18)30-20(3)23(19(2)27-30)16-25(31)29(15-14-28(4)5)17-21-10-12-22(26)13-11-21/h6-13H,14-17H2,1-5H3. The summed E-state index contributed by atoms with van der Waals surface area (Å²) in [5.74, 6) is -0.230. The summed E-state index contributed by atoms with van der Waals surface area (Å²) in [4.78, 5) is 17.2. The fourth-order valence-corrected chi connectivity index (χ4v) is 3.65. The third-order valence-corrected chi connectivity index (χ3v) is 5.57. The van der Waals surface area contributed by atoms with Gasteiger partial charge in [-0.1, -0.05) is 30.3 Å². The molecule has 31 heavy (non-hydrogen) atoms. The van der Waals surface area contributed by atoms with Gasteiger partial charge in [-0.3, -0.25) is 4.79 Å². The summed E-state index contributed by atoms with van der Waals surface area (Å²) in [6, 6.07) is 14.4. The molecule has 1 heterocycles. The second-order valence-electron chi connectivity index (χ2n) is 8.27. The summed E-state index contributed by atoms with van der Waals surface area (Å²) in [7, 11) is 3.97. The molecule has 6 heteroatoms. The van der Waals surface area contributed by atoms with Crippen molar-refractivity contribution in [2.24, 2.45) is 0 Å². The Labute approximate surface area is 184 Å². The quantitative estimate of drug-likeness (QED) is 0.550. The Bertz CT molecular complexity index is 1040. The molecule has 3 rings (SSSR count). The maximum Gasteiger partial charge on any atom is 0.227 e. The van der Waals surface area contributed by atoms with Crippen LogP contribution in [0.15, 0.2) is 48.5 Å². The van der Waals surface area contributed by atoms with Gasteiger partial charge in [0.1, 0.15) is 5.82 Å². The van der Waals surface area contributed by atoms with Gasteiger partial charge in [0.25, 0.3) is 0 Å². The highest BCUT2D eigenvalue weighted by molar-refractivity contribution is 5.79. The minimum atomic E-state index is -0.273. The van der Waals surface area contributed by atoms with Gasteiger partial charge in [0.05, 0.1) is 17.8 Å². The Morgan fingerprint density at radius 1 is 1.00 bits per heavy atom. The first-order valence-electron chi connectivity index (χ1n) is 10.5. The van der Waals surface area contributed by atoms with Crippen molar-refractivity contribution in [1.82, 2.24) is 19.6 Å². The van der Waals surface area contributed by atoms with Crippen LogP contribution in [0.2, 0.25) is 0 Å². The van der Waals surface area contributed by atoms with Gasteiger partial charge in [-0.15, -0.1) is 0 Å². The maximum absolute atomic E-state index is 13.3. The van der Waals surface area contributed by atoms with Crippen LogP contribution in [0, 0.1) is 26.6 Å². The molecule has 0 saturated heterocycles. The Morgan fingerprint density at radius 2 is 1.68 bits per heavy atom. The molecule has 0 radical (unpaired) electrons. The van der Waals surface area contributed by atoms with Gasteiger partial charge in [-0.25, -0.2) is 9.07 Å². The van der Waals surface area contributed by atoms with Crippen molar-refractivity contribution in [1.29, 1.82) is 0 Å². The highest BCUT2D eigenvalue weighted by Crippen LogP contribution is 2.21. The number of para-hydroxylation sites is 1. The zero-order valence-corrected chi connectivity index (χ0v) is 19.0. The molecule has 0 unspecified atom stereocenters. The van der Waals surface area contributed by atoms with Crippen LogP contribution in [0.1, 0.15) is 28.1 Å². The molecule has 0 N–H and O–H groups in total. The molecule has 0 aliphatic rings. The number of hydrogen-bond donors (Lipinski definition) is 0. The van der Waals surface area contributed by atoms with Crippen LogP contribution >= 0.6 is 0 Å². The molecule has 0 saturated carbocycles. The van der Waals surface area contributed by atoms with E-state index in [2.05, 4.69) is 17.9 Å². The van der Waals surface area contributed by atoms with E-state index in [1.807, 2.05) is 55.7 Å². The van der Waals surface area contributed by atoms with Gasteiger partial charge in [-0.2, -0.15) is 5.10 Å². The molecule has 0 fully saturated rings. The summed E-state index contributed by atoms with van der Waals surface area (Å²) >= 11 is 0. The molecule has 0 atom stereocenters. The van der Waals surface area contributed by atoms with E-state index in [1.54, 1.807) is 12.1 Å². The number of carbonyl (C=O) groups excluding carboxylic acids is 1. The van der Waals surface area contributed by atoms with E-state index >= 15 is 0 Å². The van der Waals surface area contributed by atoms with Gasteiger partial charge in [-0.05, 0) is 64.2 Å². The molecule has 0 aliphatic carbocycles. The van der Waals surface area contributed by atoms with Crippen LogP contribution in [-0.4, -0.2) is 52.7 Å². The van der Waals surface area contributed by atoms with Crippen molar-refractivity contribution in [3.05, 3.63) is 82.4 Å². The number of aromatic nitrogens is 2. The topological polar surface area (TPSA) is 41.4 Å². The van der Waals surface area contributed by atoms with E-state index in [4.69, 9.17) is 5.10 Å². The Kier molecular flexibility index (Phi) is 7.23. The molecule has 0 bridgehead atoms. The molecule has 0 spiro atoms. The lowest BCUT2D eigenvalue weighted by Crippen LogP contribution is -2.37. The number of carbonyl (C=O) groups is 1. The number of likely N-dealkylation sites (N-methyl/N-ethyl adjacent to an activating group) is 1. The fraction of sp³-hybridized carbons (Fsp3) is 0.360. The molecule has 5 nitrogen and oxygen atoms in total. The lowest BCUT2D eigenvalue weighted by Gasteiger charge is -2.25. The first-order valence-corrected chi connectivity index (χ1v) is 10.5. The fourth-order valence-electron chi connectivity index (χ4n) is 3.65. The number of nitrogens with zero attached hydrogens (tertiary/aromatic N) is 4. The predicted octanol–water partition coefficient (Wildman–Crippen LogP) is 4.07. The van der Waals surface area contributed by atoms with Crippen molar-refractivity contribution < 1.29 is 9.18 Å². The van der Waals surface area contributed by atoms with Gasteiger partial charge in [0.15, 0.2) is 0 Å². The van der Waals surface area contributed by atoms with E-state index in [9.17, 15) is 9.18 Å². The normalized spacial score (nSPS) is 11.2. The molecule has 2 aromatic carbocycles. The number of hydrogen-bond acceptors (Lipinski definition) is 3. The molecular weight excluding hydrogens is 391 g/mol. The largest absolute Gasteiger partial charge is 0.337 e. The Balaban J connectivity index is 1.83. The van der Waals surface area contributed by atoms with Crippen LogP contribution < -0.4 is 0 Å². The maximum atomic E-state index is 13.3. The average molecular weight is 423 g/mol. The van der Waals surface area contributed by atoms with Crippen molar-refractivity contribution in [2.45, 2.75) is 33.7 Å². The number of rotatable bonds is 8. The second-order valence-corrected chi connectivity index (χ2v) is 8.27. The second kappa shape index (κ2) is 9.88. The van der Waals surface area contributed by atoms with E-state index in [-0.39, 0.29) is 18.1 Å². The van der Waals surface area contributed by atoms with Crippen LogP contribution in [-0.2, 0) is 17.8 Å². The summed E-state index contributed by atoms with van der Waals surface area (Å²) in [5, 5.41) is 4.72. The van der Waals surface area contributed by atoms with Gasteiger partial charge in [0, 0.05) is 30.9 Å². The minimum absolute atomic E-state index is 0.0432. The minimum Gasteiger partial charge on any atom is -0.337 e. The van der Waals surface area contributed by atoms with Gasteiger partial charge >= 0.3 is 0 Å². The zero-order valence-electron chi connectivity index (χ0n) is 19.0. The van der Waals surface area contributed by atoms with Crippen molar-refractivity contribution in [3.8, 4) is 5.69 Å². The van der Waals surface area contributed by atoms with Crippen molar-refractivity contribution in [3.63, 3.8) is 0 Å². The van der Waals surface area contributed by atoms with E-state index < -0.39 is 0 Å². The number of benzene rings is 2.